The number of H-pyrrole nitrogens is 1. The van der Waals surface area contributed by atoms with Crippen molar-refractivity contribution in [3.8, 4) is 0 Å². The summed E-state index contributed by atoms with van der Waals surface area (Å²) >= 11 is 0. The van der Waals surface area contributed by atoms with Crippen molar-refractivity contribution in [2.45, 2.75) is 45.8 Å². The normalized spacial score (nSPS) is 13.3. The van der Waals surface area contributed by atoms with Crippen LogP contribution in [0.1, 0.15) is 39.2 Å². The van der Waals surface area contributed by atoms with E-state index >= 15 is 0 Å². The maximum Gasteiger partial charge on any atom is 0.417 e. The van der Waals surface area contributed by atoms with Gasteiger partial charge in [-0.1, -0.05) is 13.8 Å². The number of fused-ring (bicyclic) bond motifs is 1. The molecule has 0 aliphatic heterocycles. The summed E-state index contributed by atoms with van der Waals surface area (Å²) in [4.78, 5) is 16.0. The highest BCUT2D eigenvalue weighted by Crippen LogP contribution is 2.35. The van der Waals surface area contributed by atoms with Crippen LogP contribution < -0.4 is 10.5 Å². The van der Waals surface area contributed by atoms with E-state index in [1.165, 1.54) is 6.07 Å². The molecule has 0 fully saturated rings. The number of halogens is 3. The Balaban J connectivity index is 2.65. The molecule has 2 aromatic rings. The number of hydrogen-bond acceptors (Lipinski definition) is 2. The molecule has 0 radical (unpaired) electrons. The van der Waals surface area contributed by atoms with Crippen molar-refractivity contribution in [2.75, 3.05) is 11.4 Å². The van der Waals surface area contributed by atoms with Crippen molar-refractivity contribution in [1.29, 1.82) is 0 Å². The lowest BCUT2D eigenvalue weighted by Crippen LogP contribution is -2.33. The second kappa shape index (κ2) is 6.64. The molecule has 0 bridgehead atoms. The Kier molecular flexibility index (Phi) is 5.02. The van der Waals surface area contributed by atoms with Gasteiger partial charge in [-0.15, -0.1) is 0 Å². The van der Waals surface area contributed by atoms with Gasteiger partial charge < -0.3 is 9.88 Å². The fourth-order valence-corrected chi connectivity index (χ4v) is 2.72. The summed E-state index contributed by atoms with van der Waals surface area (Å²) in [6.07, 6.45) is -2.76. The first-order chi connectivity index (χ1) is 10.8. The summed E-state index contributed by atoms with van der Waals surface area (Å²) in [5.41, 5.74) is -0.691. The molecule has 0 spiro atoms. The molecule has 1 N–H and O–H groups in total. The van der Waals surface area contributed by atoms with Crippen molar-refractivity contribution in [1.82, 2.24) is 4.98 Å². The summed E-state index contributed by atoms with van der Waals surface area (Å²) in [5, 5.41) is 0.0269. The first-order valence-corrected chi connectivity index (χ1v) is 7.78. The van der Waals surface area contributed by atoms with Crippen molar-refractivity contribution in [3.63, 3.8) is 0 Å². The maximum atomic E-state index is 13.2. The molecule has 1 atom stereocenters. The third-order valence-corrected chi connectivity index (χ3v) is 4.05. The van der Waals surface area contributed by atoms with Crippen LogP contribution in [0.3, 0.4) is 0 Å². The Morgan fingerprint density at radius 1 is 1.22 bits per heavy atom. The Labute approximate surface area is 133 Å². The van der Waals surface area contributed by atoms with Crippen LogP contribution in [0.2, 0.25) is 0 Å². The molecular formula is C17H21F3N2O. The van der Waals surface area contributed by atoms with E-state index in [4.69, 9.17) is 0 Å². The first kappa shape index (κ1) is 17.4. The van der Waals surface area contributed by atoms with Gasteiger partial charge in [-0.2, -0.15) is 13.2 Å². The SMILES string of the molecule is CCCN(c1ccc2[nH]c(=O)cc(C(F)(F)F)c2c1)C(C)CC. The van der Waals surface area contributed by atoms with Gasteiger partial charge in [-0.05, 0) is 38.0 Å². The zero-order valence-electron chi connectivity index (χ0n) is 13.5. The van der Waals surface area contributed by atoms with Gasteiger partial charge in [0.05, 0.1) is 5.56 Å². The third-order valence-electron chi connectivity index (χ3n) is 4.05. The zero-order chi connectivity index (χ0) is 17.2. The minimum absolute atomic E-state index is 0.0269. The van der Waals surface area contributed by atoms with E-state index in [-0.39, 0.29) is 16.9 Å². The number of hydrogen-bond donors (Lipinski definition) is 1. The fraction of sp³-hybridized carbons (Fsp3) is 0.471. The lowest BCUT2D eigenvalue weighted by molar-refractivity contribution is -0.136. The van der Waals surface area contributed by atoms with Gasteiger partial charge in [0.2, 0.25) is 5.56 Å². The van der Waals surface area contributed by atoms with Crippen LogP contribution in [0.5, 0.6) is 0 Å². The van der Waals surface area contributed by atoms with Gasteiger partial charge in [0.1, 0.15) is 0 Å². The van der Waals surface area contributed by atoms with Crippen molar-refractivity contribution >= 4 is 16.6 Å². The summed E-state index contributed by atoms with van der Waals surface area (Å²) in [6.45, 7) is 6.91. The molecule has 0 saturated heterocycles. The van der Waals surface area contributed by atoms with E-state index in [2.05, 4.69) is 16.8 Å². The van der Waals surface area contributed by atoms with Gasteiger partial charge in [0.15, 0.2) is 0 Å². The smallest absolute Gasteiger partial charge is 0.369 e. The van der Waals surface area contributed by atoms with Crippen LogP contribution >= 0.6 is 0 Å². The molecule has 1 aromatic carbocycles. The Morgan fingerprint density at radius 2 is 1.91 bits per heavy atom. The number of benzene rings is 1. The molecular weight excluding hydrogens is 305 g/mol. The van der Waals surface area contributed by atoms with Crippen LogP contribution in [0.25, 0.3) is 10.9 Å². The highest BCUT2D eigenvalue weighted by molar-refractivity contribution is 5.86. The minimum atomic E-state index is -4.56. The van der Waals surface area contributed by atoms with Gasteiger partial charge in [0.25, 0.3) is 0 Å². The largest absolute Gasteiger partial charge is 0.417 e. The molecule has 2 rings (SSSR count). The number of alkyl halides is 3. The Hall–Kier alpha value is -1.98. The monoisotopic (exact) mass is 326 g/mol. The molecule has 0 amide bonds. The molecule has 0 saturated carbocycles. The van der Waals surface area contributed by atoms with Gasteiger partial charge in [-0.25, -0.2) is 0 Å². The minimum Gasteiger partial charge on any atom is -0.369 e. The lowest BCUT2D eigenvalue weighted by atomic mass is 10.1. The van der Waals surface area contributed by atoms with Gasteiger partial charge in [-0.3, -0.25) is 4.79 Å². The predicted octanol–water partition coefficient (Wildman–Crippen LogP) is 4.56. The molecule has 1 aromatic heterocycles. The van der Waals surface area contributed by atoms with E-state index < -0.39 is 17.3 Å². The predicted molar refractivity (Wildman–Crippen MR) is 87.0 cm³/mol. The van der Waals surface area contributed by atoms with E-state index in [1.54, 1.807) is 12.1 Å². The molecule has 126 valence electrons. The molecule has 23 heavy (non-hydrogen) atoms. The Bertz CT molecular complexity index is 737. The summed E-state index contributed by atoms with van der Waals surface area (Å²) in [7, 11) is 0. The highest BCUT2D eigenvalue weighted by Gasteiger charge is 2.33. The fourth-order valence-electron chi connectivity index (χ4n) is 2.72. The number of nitrogens with zero attached hydrogens (tertiary/aromatic N) is 1. The zero-order valence-corrected chi connectivity index (χ0v) is 13.5. The van der Waals surface area contributed by atoms with Crippen LogP contribution in [0, 0.1) is 0 Å². The highest BCUT2D eigenvalue weighted by atomic mass is 19.4. The van der Waals surface area contributed by atoms with Crippen LogP contribution in [0.4, 0.5) is 18.9 Å². The number of aromatic nitrogens is 1. The molecule has 1 unspecified atom stereocenters. The standard InChI is InChI=1S/C17H21F3N2O/c1-4-8-22(11(3)5-2)12-6-7-15-13(9-12)14(17(18,19)20)10-16(23)21-15/h6-7,9-11H,4-5,8H2,1-3H3,(H,21,23). The molecule has 3 nitrogen and oxygen atoms in total. The average Bonchev–Trinajstić information content (AvgIpc) is 2.49. The molecule has 0 aliphatic rings. The first-order valence-electron chi connectivity index (χ1n) is 7.78. The second-order valence-electron chi connectivity index (χ2n) is 5.73. The summed E-state index contributed by atoms with van der Waals surface area (Å²) in [5.74, 6) is 0. The van der Waals surface area contributed by atoms with Crippen molar-refractivity contribution in [2.24, 2.45) is 0 Å². The maximum absolute atomic E-state index is 13.2. The average molecular weight is 326 g/mol. The van der Waals surface area contributed by atoms with E-state index in [1.807, 2.05) is 13.8 Å². The van der Waals surface area contributed by atoms with E-state index in [0.717, 1.165) is 25.1 Å². The molecule has 1 heterocycles. The van der Waals surface area contributed by atoms with Crippen LogP contribution in [0.15, 0.2) is 29.1 Å². The summed E-state index contributed by atoms with van der Waals surface area (Å²) in [6, 6.07) is 5.69. The van der Waals surface area contributed by atoms with Gasteiger partial charge >= 0.3 is 6.18 Å². The quantitative estimate of drug-likeness (QED) is 0.874. The number of anilines is 1. The molecule has 6 heteroatoms. The van der Waals surface area contributed by atoms with Crippen molar-refractivity contribution in [3.05, 3.63) is 40.2 Å². The number of pyridine rings is 1. The number of nitrogens with one attached hydrogen (secondary N) is 1. The van der Waals surface area contributed by atoms with E-state index in [0.29, 0.717) is 6.07 Å². The van der Waals surface area contributed by atoms with Crippen LogP contribution in [-0.2, 0) is 6.18 Å². The third kappa shape index (κ3) is 3.68. The lowest BCUT2D eigenvalue weighted by Gasteiger charge is -2.31. The molecule has 0 aliphatic carbocycles. The van der Waals surface area contributed by atoms with E-state index in [9.17, 15) is 18.0 Å². The van der Waals surface area contributed by atoms with Gasteiger partial charge in [0, 0.05) is 35.2 Å². The second-order valence-corrected chi connectivity index (χ2v) is 5.73. The van der Waals surface area contributed by atoms with Crippen molar-refractivity contribution < 1.29 is 13.2 Å². The number of aromatic amines is 1. The van der Waals surface area contributed by atoms with Crippen LogP contribution in [-0.4, -0.2) is 17.6 Å². The topological polar surface area (TPSA) is 36.1 Å². The number of rotatable bonds is 5. The Morgan fingerprint density at radius 3 is 2.48 bits per heavy atom. The summed E-state index contributed by atoms with van der Waals surface area (Å²) < 4.78 is 39.7.